The van der Waals surface area contributed by atoms with Crippen LogP contribution < -0.4 is 11.1 Å². The zero-order valence-corrected chi connectivity index (χ0v) is 10.8. The van der Waals surface area contributed by atoms with Crippen LogP contribution in [0.5, 0.6) is 0 Å². The average molecular weight is 250 g/mol. The summed E-state index contributed by atoms with van der Waals surface area (Å²) in [5.74, 6) is -0.188. The van der Waals surface area contributed by atoms with E-state index in [4.69, 9.17) is 10.8 Å². The van der Waals surface area contributed by atoms with Gasteiger partial charge in [-0.25, -0.2) is 0 Å². The third-order valence-electron chi connectivity index (χ3n) is 2.98. The molecule has 2 atom stereocenters. The summed E-state index contributed by atoms with van der Waals surface area (Å²) >= 11 is 0. The van der Waals surface area contributed by atoms with Gasteiger partial charge in [-0.15, -0.1) is 0 Å². The minimum Gasteiger partial charge on any atom is -0.394 e. The summed E-state index contributed by atoms with van der Waals surface area (Å²) in [6, 6.07) is 9.23. The average Bonchev–Trinajstić information content (AvgIpc) is 2.42. The van der Waals surface area contributed by atoms with Gasteiger partial charge in [-0.2, -0.15) is 0 Å². The number of hydrogen-bond donors (Lipinski definition) is 3. The summed E-state index contributed by atoms with van der Waals surface area (Å²) in [5, 5.41) is 11.7. The maximum atomic E-state index is 11.7. The minimum absolute atomic E-state index is 0.0480. The Hall–Kier alpha value is -1.39. The van der Waals surface area contributed by atoms with Gasteiger partial charge < -0.3 is 16.2 Å². The molecule has 0 heterocycles. The molecule has 1 rings (SSSR count). The van der Waals surface area contributed by atoms with Gasteiger partial charge in [0.25, 0.3) is 0 Å². The molecular formula is C14H22N2O2. The van der Waals surface area contributed by atoms with Crippen LogP contribution in [-0.4, -0.2) is 29.7 Å². The van der Waals surface area contributed by atoms with E-state index >= 15 is 0 Å². The number of aliphatic hydroxyl groups excluding tert-OH is 1. The molecule has 100 valence electrons. The van der Waals surface area contributed by atoms with Crippen molar-refractivity contribution in [3.63, 3.8) is 0 Å². The first-order chi connectivity index (χ1) is 8.67. The minimum atomic E-state index is -0.522. The molecule has 1 aromatic rings. The Balaban J connectivity index is 2.36. The Morgan fingerprint density at radius 1 is 1.39 bits per heavy atom. The van der Waals surface area contributed by atoms with Gasteiger partial charge in [-0.05, 0) is 24.8 Å². The van der Waals surface area contributed by atoms with Crippen LogP contribution in [-0.2, 0) is 11.2 Å². The molecule has 2 unspecified atom stereocenters. The first-order valence-electron chi connectivity index (χ1n) is 6.38. The Morgan fingerprint density at radius 2 is 2.06 bits per heavy atom. The molecule has 0 aliphatic rings. The van der Waals surface area contributed by atoms with Gasteiger partial charge in [0.05, 0.1) is 18.7 Å². The van der Waals surface area contributed by atoms with Gasteiger partial charge in [-0.3, -0.25) is 4.79 Å². The number of carbonyl (C=O) groups is 1. The van der Waals surface area contributed by atoms with E-state index in [0.717, 1.165) is 6.42 Å². The number of benzene rings is 1. The van der Waals surface area contributed by atoms with Crippen LogP contribution in [0.2, 0.25) is 0 Å². The Bertz CT molecular complexity index is 350. The standard InChI is InChI=1S/C14H22N2O2/c1-2-12(10-17)16-14(18)13(15)9-8-11-6-4-3-5-7-11/h3-7,12-13,17H,2,8-10,15H2,1H3,(H,16,18). The molecule has 1 amide bonds. The van der Waals surface area contributed by atoms with Crippen molar-refractivity contribution in [2.75, 3.05) is 6.61 Å². The van der Waals surface area contributed by atoms with Crippen molar-refractivity contribution in [1.29, 1.82) is 0 Å². The monoisotopic (exact) mass is 250 g/mol. The predicted molar refractivity (Wildman–Crippen MR) is 72.0 cm³/mol. The quantitative estimate of drug-likeness (QED) is 0.671. The molecular weight excluding hydrogens is 228 g/mol. The number of rotatable bonds is 7. The van der Waals surface area contributed by atoms with Crippen molar-refractivity contribution in [1.82, 2.24) is 5.32 Å². The highest BCUT2D eigenvalue weighted by Gasteiger charge is 2.16. The van der Waals surface area contributed by atoms with Crippen molar-refractivity contribution in [2.45, 2.75) is 38.3 Å². The third-order valence-corrected chi connectivity index (χ3v) is 2.98. The Labute approximate surface area is 108 Å². The van der Waals surface area contributed by atoms with Crippen LogP contribution in [0.3, 0.4) is 0 Å². The van der Waals surface area contributed by atoms with E-state index in [-0.39, 0.29) is 18.6 Å². The van der Waals surface area contributed by atoms with Gasteiger partial charge in [-0.1, -0.05) is 37.3 Å². The molecule has 0 spiro atoms. The van der Waals surface area contributed by atoms with Crippen LogP contribution in [0, 0.1) is 0 Å². The highest BCUT2D eigenvalue weighted by molar-refractivity contribution is 5.81. The number of aliphatic hydroxyl groups is 1. The molecule has 0 radical (unpaired) electrons. The molecule has 0 bridgehead atoms. The molecule has 4 N–H and O–H groups in total. The van der Waals surface area contributed by atoms with Crippen molar-refractivity contribution in [3.8, 4) is 0 Å². The summed E-state index contributed by atoms with van der Waals surface area (Å²) in [4.78, 5) is 11.7. The van der Waals surface area contributed by atoms with E-state index in [1.54, 1.807) is 0 Å². The smallest absolute Gasteiger partial charge is 0.237 e. The second-order valence-corrected chi connectivity index (χ2v) is 4.43. The summed E-state index contributed by atoms with van der Waals surface area (Å²) in [5.41, 5.74) is 7.00. The van der Waals surface area contributed by atoms with E-state index in [1.807, 2.05) is 37.3 Å². The van der Waals surface area contributed by atoms with Gasteiger partial charge in [0.15, 0.2) is 0 Å². The number of aryl methyl sites for hydroxylation is 1. The largest absolute Gasteiger partial charge is 0.394 e. The number of carbonyl (C=O) groups excluding carboxylic acids is 1. The van der Waals surface area contributed by atoms with Crippen LogP contribution in [0.25, 0.3) is 0 Å². The van der Waals surface area contributed by atoms with E-state index in [1.165, 1.54) is 5.56 Å². The fraction of sp³-hybridized carbons (Fsp3) is 0.500. The van der Waals surface area contributed by atoms with Crippen LogP contribution >= 0.6 is 0 Å². The highest BCUT2D eigenvalue weighted by atomic mass is 16.3. The molecule has 0 aromatic heterocycles. The molecule has 4 nitrogen and oxygen atoms in total. The normalized spacial score (nSPS) is 13.9. The molecule has 0 saturated heterocycles. The molecule has 18 heavy (non-hydrogen) atoms. The Morgan fingerprint density at radius 3 is 2.61 bits per heavy atom. The van der Waals surface area contributed by atoms with Gasteiger partial charge >= 0.3 is 0 Å². The number of amides is 1. The zero-order valence-electron chi connectivity index (χ0n) is 10.8. The maximum absolute atomic E-state index is 11.7. The van der Waals surface area contributed by atoms with E-state index in [2.05, 4.69) is 5.32 Å². The van der Waals surface area contributed by atoms with E-state index in [9.17, 15) is 4.79 Å². The first kappa shape index (κ1) is 14.7. The fourth-order valence-corrected chi connectivity index (χ4v) is 1.68. The SMILES string of the molecule is CCC(CO)NC(=O)C(N)CCc1ccccc1. The molecule has 4 heteroatoms. The topological polar surface area (TPSA) is 75.3 Å². The van der Waals surface area contributed by atoms with Crippen molar-refractivity contribution in [2.24, 2.45) is 5.73 Å². The lowest BCUT2D eigenvalue weighted by molar-refractivity contribution is -0.123. The van der Waals surface area contributed by atoms with Gasteiger partial charge in [0.2, 0.25) is 5.91 Å². The lowest BCUT2D eigenvalue weighted by Crippen LogP contribution is -2.46. The third kappa shape index (κ3) is 4.85. The number of nitrogens with one attached hydrogen (secondary N) is 1. The van der Waals surface area contributed by atoms with Crippen molar-refractivity contribution >= 4 is 5.91 Å². The lowest BCUT2D eigenvalue weighted by atomic mass is 10.0. The van der Waals surface area contributed by atoms with Crippen LogP contribution in [0.4, 0.5) is 0 Å². The summed E-state index contributed by atoms with van der Waals surface area (Å²) in [7, 11) is 0. The summed E-state index contributed by atoms with van der Waals surface area (Å²) < 4.78 is 0. The predicted octanol–water partition coefficient (Wildman–Crippen LogP) is 0.834. The first-order valence-corrected chi connectivity index (χ1v) is 6.38. The van der Waals surface area contributed by atoms with E-state index in [0.29, 0.717) is 12.8 Å². The van der Waals surface area contributed by atoms with Crippen molar-refractivity contribution in [3.05, 3.63) is 35.9 Å². The van der Waals surface area contributed by atoms with Gasteiger partial charge in [0, 0.05) is 0 Å². The zero-order chi connectivity index (χ0) is 13.4. The second kappa shape index (κ2) is 7.84. The van der Waals surface area contributed by atoms with Crippen molar-refractivity contribution < 1.29 is 9.90 Å². The Kier molecular flexibility index (Phi) is 6.39. The number of nitrogens with two attached hydrogens (primary N) is 1. The lowest BCUT2D eigenvalue weighted by Gasteiger charge is -2.17. The maximum Gasteiger partial charge on any atom is 0.237 e. The molecule has 0 fully saturated rings. The molecule has 1 aromatic carbocycles. The molecule has 0 saturated carbocycles. The van der Waals surface area contributed by atoms with Crippen LogP contribution in [0.1, 0.15) is 25.3 Å². The van der Waals surface area contributed by atoms with Gasteiger partial charge in [0.1, 0.15) is 0 Å². The second-order valence-electron chi connectivity index (χ2n) is 4.43. The summed E-state index contributed by atoms with van der Waals surface area (Å²) in [6.07, 6.45) is 2.09. The van der Waals surface area contributed by atoms with Crippen LogP contribution in [0.15, 0.2) is 30.3 Å². The van der Waals surface area contributed by atoms with E-state index < -0.39 is 6.04 Å². The molecule has 0 aliphatic carbocycles. The molecule has 0 aliphatic heterocycles. The number of hydrogen-bond acceptors (Lipinski definition) is 3. The highest BCUT2D eigenvalue weighted by Crippen LogP contribution is 2.04. The summed E-state index contributed by atoms with van der Waals surface area (Å²) in [6.45, 7) is 1.87. The fourth-order valence-electron chi connectivity index (χ4n) is 1.68.